The third-order valence-electron chi connectivity index (χ3n) is 1.95. The van der Waals surface area contributed by atoms with Crippen LogP contribution in [0.4, 0.5) is 10.5 Å². The molecule has 10 heteroatoms. The number of nitrogens with one attached hydrogen (secondary N) is 2. The standard InChI is InChI=1S/C10H11BrN2O6S/c1-2-19-10(16)13-20(17,18)12-8-4-3-6(9(14)15)5-7(8)11/h3-5,12H,2H2,1H3,(H,13,16)(H,14,15). The smallest absolute Gasteiger partial charge is 0.422 e. The summed E-state index contributed by atoms with van der Waals surface area (Å²) in [4.78, 5) is 21.8. The van der Waals surface area contributed by atoms with Crippen LogP contribution in [0.5, 0.6) is 0 Å². The van der Waals surface area contributed by atoms with Crippen LogP contribution in [-0.4, -0.2) is 32.2 Å². The van der Waals surface area contributed by atoms with Crippen LogP contribution in [0.25, 0.3) is 0 Å². The summed E-state index contributed by atoms with van der Waals surface area (Å²) in [6.07, 6.45) is -1.11. The summed E-state index contributed by atoms with van der Waals surface area (Å²) in [6.45, 7) is 1.55. The van der Waals surface area contributed by atoms with E-state index in [4.69, 9.17) is 5.11 Å². The molecule has 1 aromatic carbocycles. The fraction of sp³-hybridized carbons (Fsp3) is 0.200. The van der Waals surface area contributed by atoms with Crippen molar-refractivity contribution in [3.05, 3.63) is 28.2 Å². The lowest BCUT2D eigenvalue weighted by Crippen LogP contribution is -2.35. The van der Waals surface area contributed by atoms with E-state index in [0.29, 0.717) is 0 Å². The number of carbonyl (C=O) groups is 2. The SMILES string of the molecule is CCOC(=O)NS(=O)(=O)Nc1ccc(C(=O)O)cc1Br. The van der Waals surface area contributed by atoms with Gasteiger partial charge in [0.2, 0.25) is 0 Å². The summed E-state index contributed by atoms with van der Waals surface area (Å²) in [7, 11) is -4.16. The summed E-state index contributed by atoms with van der Waals surface area (Å²) < 4.78 is 31.5. The summed E-state index contributed by atoms with van der Waals surface area (Å²) in [5, 5.41) is 8.78. The fourth-order valence-electron chi connectivity index (χ4n) is 1.17. The van der Waals surface area contributed by atoms with Gasteiger partial charge in [-0.2, -0.15) is 8.42 Å². The van der Waals surface area contributed by atoms with Crippen LogP contribution in [0.2, 0.25) is 0 Å². The van der Waals surface area contributed by atoms with E-state index in [0.717, 1.165) is 0 Å². The van der Waals surface area contributed by atoms with Crippen molar-refractivity contribution in [2.24, 2.45) is 0 Å². The highest BCUT2D eigenvalue weighted by atomic mass is 79.9. The summed E-state index contributed by atoms with van der Waals surface area (Å²) >= 11 is 3.03. The Morgan fingerprint density at radius 3 is 2.55 bits per heavy atom. The molecule has 3 N–H and O–H groups in total. The first kappa shape index (κ1) is 16.2. The molecule has 1 amide bonds. The van der Waals surface area contributed by atoms with Crippen LogP contribution in [0.15, 0.2) is 22.7 Å². The van der Waals surface area contributed by atoms with Gasteiger partial charge in [-0.15, -0.1) is 0 Å². The Morgan fingerprint density at radius 2 is 2.05 bits per heavy atom. The first-order valence-corrected chi connectivity index (χ1v) is 7.53. The lowest BCUT2D eigenvalue weighted by atomic mass is 10.2. The average Bonchev–Trinajstić information content (AvgIpc) is 2.30. The van der Waals surface area contributed by atoms with Crippen LogP contribution < -0.4 is 9.44 Å². The molecule has 0 saturated heterocycles. The van der Waals surface area contributed by atoms with E-state index in [9.17, 15) is 18.0 Å². The largest absolute Gasteiger partial charge is 0.478 e. The van der Waals surface area contributed by atoms with Gasteiger partial charge in [-0.1, -0.05) is 0 Å². The number of anilines is 1. The maximum absolute atomic E-state index is 11.6. The van der Waals surface area contributed by atoms with Gasteiger partial charge in [0.25, 0.3) is 0 Å². The average molecular weight is 367 g/mol. The molecule has 0 atom stereocenters. The highest BCUT2D eigenvalue weighted by Crippen LogP contribution is 2.24. The van der Waals surface area contributed by atoms with Crippen LogP contribution >= 0.6 is 15.9 Å². The first-order chi connectivity index (χ1) is 9.25. The van der Waals surface area contributed by atoms with E-state index in [1.54, 1.807) is 4.72 Å². The molecule has 1 rings (SSSR count). The minimum Gasteiger partial charge on any atom is -0.478 e. The number of carbonyl (C=O) groups excluding carboxylic acids is 1. The first-order valence-electron chi connectivity index (χ1n) is 5.25. The zero-order valence-electron chi connectivity index (χ0n) is 10.2. The molecule has 8 nitrogen and oxygen atoms in total. The number of aromatic carboxylic acids is 1. The Bertz CT molecular complexity index is 631. The van der Waals surface area contributed by atoms with Gasteiger partial charge in [0.15, 0.2) is 0 Å². The van der Waals surface area contributed by atoms with E-state index >= 15 is 0 Å². The van der Waals surface area contributed by atoms with E-state index in [1.165, 1.54) is 25.1 Å². The number of hydrogen-bond acceptors (Lipinski definition) is 5. The normalized spacial score (nSPS) is 10.7. The third kappa shape index (κ3) is 4.70. The maximum atomic E-state index is 11.6. The number of rotatable bonds is 5. The van der Waals surface area contributed by atoms with Gasteiger partial charge in [-0.05, 0) is 41.1 Å². The Balaban J connectivity index is 2.87. The summed E-state index contributed by atoms with van der Waals surface area (Å²) in [6, 6.07) is 3.69. The number of benzene rings is 1. The molecule has 1 aromatic rings. The van der Waals surface area contributed by atoms with Gasteiger partial charge in [-0.25, -0.2) is 14.3 Å². The molecule has 0 aliphatic heterocycles. The summed E-state index contributed by atoms with van der Waals surface area (Å²) in [5.74, 6) is -1.15. The van der Waals surface area contributed by atoms with Crippen molar-refractivity contribution in [2.75, 3.05) is 11.3 Å². The van der Waals surface area contributed by atoms with Gasteiger partial charge in [0, 0.05) is 4.47 Å². The Morgan fingerprint density at radius 1 is 1.40 bits per heavy atom. The molecule has 0 spiro atoms. The van der Waals surface area contributed by atoms with Crippen molar-refractivity contribution in [2.45, 2.75) is 6.92 Å². The second-order valence-corrected chi connectivity index (χ2v) is 5.70. The minimum atomic E-state index is -4.16. The topological polar surface area (TPSA) is 122 Å². The molecular formula is C10H11BrN2O6S. The lowest BCUT2D eigenvalue weighted by molar-refractivity contribution is 0.0696. The van der Waals surface area contributed by atoms with Crippen molar-refractivity contribution in [1.29, 1.82) is 0 Å². The van der Waals surface area contributed by atoms with Crippen molar-refractivity contribution in [3.63, 3.8) is 0 Å². The van der Waals surface area contributed by atoms with Crippen molar-refractivity contribution in [1.82, 2.24) is 4.72 Å². The minimum absolute atomic E-state index is 0.0156. The Kier molecular flexibility index (Phi) is 5.34. The molecule has 0 radical (unpaired) electrons. The predicted octanol–water partition coefficient (Wildman–Crippen LogP) is 1.55. The molecule has 0 saturated carbocycles. The number of hydrogen-bond donors (Lipinski definition) is 3. The number of amides is 1. The molecular weight excluding hydrogens is 356 g/mol. The van der Waals surface area contributed by atoms with Gasteiger partial charge in [-0.3, -0.25) is 4.72 Å². The lowest BCUT2D eigenvalue weighted by Gasteiger charge is -2.10. The molecule has 110 valence electrons. The predicted molar refractivity (Wildman–Crippen MR) is 73.8 cm³/mol. The van der Waals surface area contributed by atoms with Crippen LogP contribution in [0.1, 0.15) is 17.3 Å². The van der Waals surface area contributed by atoms with E-state index in [1.807, 2.05) is 0 Å². The fourth-order valence-corrected chi connectivity index (χ4v) is 2.58. The Hall–Kier alpha value is -1.81. The summed E-state index contributed by atoms with van der Waals surface area (Å²) in [5.41, 5.74) is 0.0602. The molecule has 0 aliphatic rings. The zero-order chi connectivity index (χ0) is 15.3. The quantitative estimate of drug-likeness (QED) is 0.726. The molecule has 20 heavy (non-hydrogen) atoms. The maximum Gasteiger partial charge on any atom is 0.422 e. The number of carboxylic acids is 1. The molecule has 0 fully saturated rings. The molecule has 0 unspecified atom stereocenters. The third-order valence-corrected chi connectivity index (χ3v) is 3.53. The van der Waals surface area contributed by atoms with Crippen molar-refractivity contribution >= 4 is 43.9 Å². The van der Waals surface area contributed by atoms with Gasteiger partial charge in [0.05, 0.1) is 17.9 Å². The van der Waals surface area contributed by atoms with Gasteiger partial charge >= 0.3 is 22.3 Å². The molecule has 0 heterocycles. The molecule has 0 bridgehead atoms. The highest BCUT2D eigenvalue weighted by molar-refractivity contribution is 9.10. The number of carboxylic acid groups (broad SMARTS) is 1. The number of ether oxygens (including phenoxy) is 1. The molecule has 0 aliphatic carbocycles. The van der Waals surface area contributed by atoms with Crippen molar-refractivity contribution < 1.29 is 27.9 Å². The number of halogens is 1. The van der Waals surface area contributed by atoms with Crippen LogP contribution in [0, 0.1) is 0 Å². The van der Waals surface area contributed by atoms with Crippen LogP contribution in [0.3, 0.4) is 0 Å². The van der Waals surface area contributed by atoms with E-state index < -0.39 is 22.3 Å². The van der Waals surface area contributed by atoms with E-state index in [-0.39, 0.29) is 22.3 Å². The molecule has 0 aromatic heterocycles. The van der Waals surface area contributed by atoms with Crippen LogP contribution in [-0.2, 0) is 14.9 Å². The monoisotopic (exact) mass is 366 g/mol. The zero-order valence-corrected chi connectivity index (χ0v) is 12.6. The second kappa shape index (κ2) is 6.57. The second-order valence-electron chi connectivity index (χ2n) is 3.43. The van der Waals surface area contributed by atoms with Crippen molar-refractivity contribution in [3.8, 4) is 0 Å². The highest BCUT2D eigenvalue weighted by Gasteiger charge is 2.17. The van der Waals surface area contributed by atoms with Gasteiger partial charge < -0.3 is 9.84 Å². The Labute approximate surface area is 123 Å². The van der Waals surface area contributed by atoms with E-state index in [2.05, 4.69) is 25.4 Å². The van der Waals surface area contributed by atoms with Gasteiger partial charge in [0.1, 0.15) is 0 Å².